The number of thioether (sulfide) groups is 1. The summed E-state index contributed by atoms with van der Waals surface area (Å²) in [6, 6.07) is 0. The molecule has 19 heavy (non-hydrogen) atoms. The molecule has 0 radical (unpaired) electrons. The highest BCUT2D eigenvalue weighted by molar-refractivity contribution is 7.98. The van der Waals surface area contributed by atoms with Crippen LogP contribution in [0, 0.1) is 0 Å². The van der Waals surface area contributed by atoms with Crippen LogP contribution in [-0.2, 0) is 14.1 Å². The standard InChI is InChI=1S/C13H17N3O2S/c1-7(2)8-6-14-11-9(10(8)19-5)12(17)16(4)13(18)15(11)3/h6-7H,1-5H3. The van der Waals surface area contributed by atoms with Crippen molar-refractivity contribution >= 4 is 22.8 Å². The van der Waals surface area contributed by atoms with Crippen molar-refractivity contribution in [3.8, 4) is 0 Å². The van der Waals surface area contributed by atoms with Crippen molar-refractivity contribution in [2.45, 2.75) is 24.7 Å². The van der Waals surface area contributed by atoms with E-state index in [1.165, 1.54) is 23.4 Å². The first kappa shape index (κ1) is 13.9. The fourth-order valence-electron chi connectivity index (χ4n) is 2.15. The number of pyridine rings is 1. The zero-order valence-electron chi connectivity index (χ0n) is 11.7. The Kier molecular flexibility index (Phi) is 3.54. The second kappa shape index (κ2) is 4.85. The van der Waals surface area contributed by atoms with E-state index in [-0.39, 0.29) is 17.2 Å². The largest absolute Gasteiger partial charge is 0.332 e. The van der Waals surface area contributed by atoms with E-state index in [0.717, 1.165) is 15.0 Å². The maximum absolute atomic E-state index is 12.4. The highest BCUT2D eigenvalue weighted by Gasteiger charge is 2.17. The van der Waals surface area contributed by atoms with E-state index in [1.807, 2.05) is 6.26 Å². The molecular formula is C13H17N3O2S. The molecule has 0 aliphatic heterocycles. The van der Waals surface area contributed by atoms with Gasteiger partial charge in [0.25, 0.3) is 5.56 Å². The van der Waals surface area contributed by atoms with E-state index < -0.39 is 0 Å². The fourth-order valence-corrected chi connectivity index (χ4v) is 3.05. The molecule has 0 unspecified atom stereocenters. The maximum atomic E-state index is 12.4. The normalized spacial score (nSPS) is 11.5. The highest BCUT2D eigenvalue weighted by Crippen LogP contribution is 2.30. The summed E-state index contributed by atoms with van der Waals surface area (Å²) in [5.74, 6) is 0.279. The Labute approximate surface area is 115 Å². The summed E-state index contributed by atoms with van der Waals surface area (Å²) < 4.78 is 2.55. The van der Waals surface area contributed by atoms with Gasteiger partial charge in [-0.25, -0.2) is 9.78 Å². The monoisotopic (exact) mass is 279 g/mol. The van der Waals surface area contributed by atoms with Crippen LogP contribution in [0.2, 0.25) is 0 Å². The lowest BCUT2D eigenvalue weighted by Crippen LogP contribution is -2.37. The van der Waals surface area contributed by atoms with Crippen LogP contribution in [0.5, 0.6) is 0 Å². The molecule has 0 N–H and O–H groups in total. The van der Waals surface area contributed by atoms with E-state index in [0.29, 0.717) is 11.0 Å². The van der Waals surface area contributed by atoms with Crippen LogP contribution in [0.15, 0.2) is 20.7 Å². The third kappa shape index (κ3) is 2.00. The Morgan fingerprint density at radius 3 is 2.37 bits per heavy atom. The zero-order valence-corrected chi connectivity index (χ0v) is 12.5. The molecule has 0 aromatic carbocycles. The molecule has 0 aliphatic rings. The molecule has 2 aromatic rings. The second-order valence-electron chi connectivity index (χ2n) is 4.81. The van der Waals surface area contributed by atoms with Crippen molar-refractivity contribution in [1.29, 1.82) is 0 Å². The highest BCUT2D eigenvalue weighted by atomic mass is 32.2. The van der Waals surface area contributed by atoms with Gasteiger partial charge in [-0.05, 0) is 17.7 Å². The summed E-state index contributed by atoms with van der Waals surface area (Å²) in [5.41, 5.74) is 0.851. The third-order valence-electron chi connectivity index (χ3n) is 3.27. The number of nitrogens with zero attached hydrogens (tertiary/aromatic N) is 3. The summed E-state index contributed by atoms with van der Waals surface area (Å²) in [5, 5.41) is 0.531. The van der Waals surface area contributed by atoms with Crippen molar-refractivity contribution < 1.29 is 0 Å². The van der Waals surface area contributed by atoms with Gasteiger partial charge in [0.05, 0.1) is 5.39 Å². The van der Waals surface area contributed by atoms with Crippen LogP contribution in [0.4, 0.5) is 0 Å². The van der Waals surface area contributed by atoms with Crippen molar-refractivity contribution in [2.24, 2.45) is 14.1 Å². The average Bonchev–Trinajstić information content (AvgIpc) is 2.40. The van der Waals surface area contributed by atoms with Gasteiger partial charge in [-0.15, -0.1) is 11.8 Å². The van der Waals surface area contributed by atoms with Crippen LogP contribution in [0.25, 0.3) is 11.0 Å². The minimum Gasteiger partial charge on any atom is -0.280 e. The van der Waals surface area contributed by atoms with Crippen LogP contribution in [0.1, 0.15) is 25.3 Å². The van der Waals surface area contributed by atoms with Gasteiger partial charge in [-0.1, -0.05) is 13.8 Å². The molecule has 0 bridgehead atoms. The first-order chi connectivity index (χ1) is 8.90. The van der Waals surface area contributed by atoms with Crippen molar-refractivity contribution in [1.82, 2.24) is 14.1 Å². The van der Waals surface area contributed by atoms with Gasteiger partial charge in [0, 0.05) is 25.2 Å². The lowest BCUT2D eigenvalue weighted by molar-refractivity contribution is 0.703. The number of aromatic nitrogens is 3. The van der Waals surface area contributed by atoms with Crippen LogP contribution < -0.4 is 11.2 Å². The summed E-state index contributed by atoms with van der Waals surface area (Å²) >= 11 is 1.52. The van der Waals surface area contributed by atoms with Crippen molar-refractivity contribution in [3.63, 3.8) is 0 Å². The minimum atomic E-state index is -0.352. The molecule has 2 rings (SSSR count). The summed E-state index contributed by atoms with van der Waals surface area (Å²) in [4.78, 5) is 29.5. The van der Waals surface area contributed by atoms with Crippen molar-refractivity contribution in [3.05, 3.63) is 32.6 Å². The van der Waals surface area contributed by atoms with E-state index in [9.17, 15) is 9.59 Å². The van der Waals surface area contributed by atoms with Crippen LogP contribution >= 0.6 is 11.8 Å². The predicted octanol–water partition coefficient (Wildman–Crippen LogP) is 1.48. The Bertz CT molecular complexity index is 759. The molecule has 2 aromatic heterocycles. The molecule has 0 saturated carbocycles. The quantitative estimate of drug-likeness (QED) is 0.781. The molecule has 5 nitrogen and oxygen atoms in total. The average molecular weight is 279 g/mol. The molecule has 0 aliphatic carbocycles. The SMILES string of the molecule is CSc1c(C(C)C)cnc2c1c(=O)n(C)c(=O)n2C. The molecule has 0 amide bonds. The zero-order chi connectivity index (χ0) is 14.3. The molecule has 0 saturated heterocycles. The third-order valence-corrected chi connectivity index (χ3v) is 4.12. The van der Waals surface area contributed by atoms with Gasteiger partial charge in [-0.2, -0.15) is 0 Å². The Morgan fingerprint density at radius 2 is 1.84 bits per heavy atom. The van der Waals surface area contributed by atoms with Gasteiger partial charge in [-0.3, -0.25) is 13.9 Å². The molecular weight excluding hydrogens is 262 g/mol. The Hall–Kier alpha value is -1.56. The number of hydrogen-bond acceptors (Lipinski definition) is 4. The number of rotatable bonds is 2. The predicted molar refractivity (Wildman–Crippen MR) is 78.1 cm³/mol. The first-order valence-electron chi connectivity index (χ1n) is 6.02. The topological polar surface area (TPSA) is 56.9 Å². The number of aryl methyl sites for hydroxylation is 1. The summed E-state index contributed by atoms with van der Waals surface area (Å²) in [7, 11) is 3.13. The summed E-state index contributed by atoms with van der Waals surface area (Å²) in [6.07, 6.45) is 3.70. The second-order valence-corrected chi connectivity index (χ2v) is 5.62. The molecule has 0 fully saturated rings. The lowest BCUT2D eigenvalue weighted by atomic mass is 10.0. The van der Waals surface area contributed by atoms with E-state index in [1.54, 1.807) is 13.2 Å². The molecule has 6 heteroatoms. The maximum Gasteiger partial charge on any atom is 0.332 e. The number of hydrogen-bond donors (Lipinski definition) is 0. The van der Waals surface area contributed by atoms with E-state index in [2.05, 4.69) is 18.8 Å². The first-order valence-corrected chi connectivity index (χ1v) is 7.25. The van der Waals surface area contributed by atoms with Gasteiger partial charge in [0.15, 0.2) is 0 Å². The van der Waals surface area contributed by atoms with Gasteiger partial charge in [0.1, 0.15) is 5.65 Å². The molecule has 0 atom stereocenters. The molecule has 2 heterocycles. The lowest BCUT2D eigenvalue weighted by Gasteiger charge is -2.14. The van der Waals surface area contributed by atoms with E-state index >= 15 is 0 Å². The van der Waals surface area contributed by atoms with Gasteiger partial charge in [0.2, 0.25) is 0 Å². The molecule has 0 spiro atoms. The van der Waals surface area contributed by atoms with Crippen LogP contribution in [-0.4, -0.2) is 20.4 Å². The Morgan fingerprint density at radius 1 is 1.21 bits per heavy atom. The van der Waals surface area contributed by atoms with Gasteiger partial charge >= 0.3 is 5.69 Å². The smallest absolute Gasteiger partial charge is 0.280 e. The fraction of sp³-hybridized carbons (Fsp3) is 0.462. The van der Waals surface area contributed by atoms with Crippen LogP contribution in [0.3, 0.4) is 0 Å². The minimum absolute atomic E-state index is 0.279. The molecule has 102 valence electrons. The van der Waals surface area contributed by atoms with Gasteiger partial charge < -0.3 is 0 Å². The van der Waals surface area contributed by atoms with E-state index in [4.69, 9.17) is 0 Å². The summed E-state index contributed by atoms with van der Waals surface area (Å²) in [6.45, 7) is 4.13. The van der Waals surface area contributed by atoms with Crippen molar-refractivity contribution in [2.75, 3.05) is 6.26 Å². The number of fused-ring (bicyclic) bond motifs is 1. The Balaban J connectivity index is 3.10.